The highest BCUT2D eigenvalue weighted by Gasteiger charge is 2.63. The molecule has 4 aliphatic rings. The van der Waals surface area contributed by atoms with E-state index in [0.717, 1.165) is 49.0 Å². The van der Waals surface area contributed by atoms with Gasteiger partial charge in [0.25, 0.3) is 0 Å². The van der Waals surface area contributed by atoms with Crippen LogP contribution in [0.4, 0.5) is 0 Å². The topological polar surface area (TPSA) is 43.4 Å². The summed E-state index contributed by atoms with van der Waals surface area (Å²) in [6, 6.07) is 0. The first-order chi connectivity index (χ1) is 12.6. The Bertz CT molecular complexity index is 700. The Labute approximate surface area is 168 Å². The predicted octanol–water partition coefficient (Wildman–Crippen LogP) is 5.65. The molecular formula is C23H33ClO3. The van der Waals surface area contributed by atoms with E-state index in [-0.39, 0.29) is 28.3 Å². The molecule has 4 unspecified atom stereocenters. The van der Waals surface area contributed by atoms with Gasteiger partial charge in [0.15, 0.2) is 0 Å². The molecule has 150 valence electrons. The maximum atomic E-state index is 11.5. The van der Waals surface area contributed by atoms with Gasteiger partial charge in [-0.2, -0.15) is 0 Å². The number of ether oxygens (including phenoxy) is 1. The van der Waals surface area contributed by atoms with Crippen molar-refractivity contribution in [3.8, 4) is 0 Å². The van der Waals surface area contributed by atoms with E-state index in [1.807, 2.05) is 0 Å². The van der Waals surface area contributed by atoms with Crippen LogP contribution in [0, 0.1) is 34.0 Å². The lowest BCUT2D eigenvalue weighted by Crippen LogP contribution is -2.58. The third-order valence-corrected chi connectivity index (χ3v) is 10.1. The summed E-state index contributed by atoms with van der Waals surface area (Å²) in [7, 11) is 0. The Morgan fingerprint density at radius 3 is 2.52 bits per heavy atom. The van der Waals surface area contributed by atoms with E-state index in [1.165, 1.54) is 26.2 Å². The zero-order valence-corrected chi connectivity index (χ0v) is 17.9. The molecule has 3 fully saturated rings. The van der Waals surface area contributed by atoms with Crippen molar-refractivity contribution in [3.05, 3.63) is 10.6 Å². The minimum atomic E-state index is -0.151. The fourth-order valence-corrected chi connectivity index (χ4v) is 8.04. The Balaban J connectivity index is 1.61. The van der Waals surface area contributed by atoms with Gasteiger partial charge < -0.3 is 4.74 Å². The molecule has 4 aliphatic carbocycles. The van der Waals surface area contributed by atoms with E-state index in [2.05, 4.69) is 20.8 Å². The number of hydrogen-bond acceptors (Lipinski definition) is 3. The van der Waals surface area contributed by atoms with E-state index in [1.54, 1.807) is 0 Å². The molecule has 3 nitrogen and oxygen atoms in total. The second kappa shape index (κ2) is 6.34. The molecule has 0 N–H and O–H groups in total. The number of rotatable bonds is 2. The number of fused-ring (bicyclic) bond motifs is 5. The van der Waals surface area contributed by atoms with Gasteiger partial charge in [-0.05, 0) is 80.0 Å². The second-order valence-electron chi connectivity index (χ2n) is 10.5. The number of halogens is 1. The Morgan fingerprint density at radius 1 is 1.11 bits per heavy atom. The van der Waals surface area contributed by atoms with Crippen LogP contribution in [-0.4, -0.2) is 18.4 Å². The predicted molar refractivity (Wildman–Crippen MR) is 106 cm³/mol. The number of hydrogen-bond donors (Lipinski definition) is 0. The number of esters is 1. The van der Waals surface area contributed by atoms with E-state index in [4.69, 9.17) is 16.3 Å². The van der Waals surface area contributed by atoms with Crippen molar-refractivity contribution in [1.82, 2.24) is 0 Å². The molecule has 3 saturated carbocycles. The maximum absolute atomic E-state index is 11.5. The van der Waals surface area contributed by atoms with Gasteiger partial charge in [-0.1, -0.05) is 32.4 Å². The van der Waals surface area contributed by atoms with Gasteiger partial charge in [0.2, 0.25) is 0 Å². The van der Waals surface area contributed by atoms with Gasteiger partial charge in [0, 0.05) is 22.9 Å². The molecule has 0 spiro atoms. The molecule has 0 aromatic heterocycles. The first kappa shape index (κ1) is 19.5. The minimum Gasteiger partial charge on any atom is -0.463 e. The number of aldehydes is 1. The number of allylic oxidation sites excluding steroid dienone is 2. The Hall–Kier alpha value is -0.830. The van der Waals surface area contributed by atoms with Crippen LogP contribution in [0.15, 0.2) is 10.6 Å². The standard InChI is InChI=1S/C23H33ClO3/c1-14(26)27-16-5-10-23(4)18-7-9-22(3)19(11-15(13-25)20(22)24)17(18)6-8-21(23,2)12-16/h13,16-19H,5-12H2,1-4H3/t16-,17?,18?,19?,21?,22-,23+/m0/s1. The summed E-state index contributed by atoms with van der Waals surface area (Å²) in [6.45, 7) is 8.75. The highest BCUT2D eigenvalue weighted by molar-refractivity contribution is 6.32. The number of carbonyl (C=O) groups is 2. The number of carbonyl (C=O) groups excluding carboxylic acids is 2. The summed E-state index contributed by atoms with van der Waals surface area (Å²) >= 11 is 6.69. The molecule has 0 aliphatic heterocycles. The molecule has 7 atom stereocenters. The zero-order chi connectivity index (χ0) is 19.6. The average molecular weight is 393 g/mol. The van der Waals surface area contributed by atoms with Crippen LogP contribution < -0.4 is 0 Å². The lowest BCUT2D eigenvalue weighted by Gasteiger charge is -2.65. The fourth-order valence-electron chi connectivity index (χ4n) is 7.68. The van der Waals surface area contributed by atoms with Crippen LogP contribution in [-0.2, 0) is 14.3 Å². The third-order valence-electron chi connectivity index (χ3n) is 9.42. The van der Waals surface area contributed by atoms with Gasteiger partial charge in [0.1, 0.15) is 12.4 Å². The van der Waals surface area contributed by atoms with E-state index in [0.29, 0.717) is 17.8 Å². The van der Waals surface area contributed by atoms with Crippen LogP contribution in [0.5, 0.6) is 0 Å². The smallest absolute Gasteiger partial charge is 0.302 e. The molecular weight excluding hydrogens is 360 g/mol. The SMILES string of the molecule is CC(=O)O[C@H]1CC[C@]2(C)C3CC[C@]4(C)C(Cl)=C(C=O)CC4C3CCC2(C)C1. The van der Waals surface area contributed by atoms with Crippen LogP contribution in [0.1, 0.15) is 79.1 Å². The van der Waals surface area contributed by atoms with E-state index in [9.17, 15) is 9.59 Å². The van der Waals surface area contributed by atoms with Crippen molar-refractivity contribution in [2.24, 2.45) is 34.0 Å². The van der Waals surface area contributed by atoms with Crippen LogP contribution >= 0.6 is 11.6 Å². The molecule has 4 rings (SSSR count). The first-order valence-electron chi connectivity index (χ1n) is 10.7. The van der Waals surface area contributed by atoms with Crippen molar-refractivity contribution in [1.29, 1.82) is 0 Å². The largest absolute Gasteiger partial charge is 0.463 e. The summed E-state index contributed by atoms with van der Waals surface area (Å²) < 4.78 is 5.61. The van der Waals surface area contributed by atoms with Gasteiger partial charge in [-0.15, -0.1) is 0 Å². The van der Waals surface area contributed by atoms with Gasteiger partial charge in [-0.3, -0.25) is 9.59 Å². The quantitative estimate of drug-likeness (QED) is 0.450. The van der Waals surface area contributed by atoms with Crippen LogP contribution in [0.25, 0.3) is 0 Å². The summed E-state index contributed by atoms with van der Waals surface area (Å²) in [5.41, 5.74) is 1.35. The zero-order valence-electron chi connectivity index (χ0n) is 17.1. The van der Waals surface area contributed by atoms with Gasteiger partial charge in [-0.25, -0.2) is 0 Å². The van der Waals surface area contributed by atoms with Crippen LogP contribution in [0.3, 0.4) is 0 Å². The summed E-state index contributed by atoms with van der Waals surface area (Å²) in [4.78, 5) is 23.0. The van der Waals surface area contributed by atoms with E-state index < -0.39 is 0 Å². The first-order valence-corrected chi connectivity index (χ1v) is 11.0. The molecule has 27 heavy (non-hydrogen) atoms. The monoisotopic (exact) mass is 392 g/mol. The Morgan fingerprint density at radius 2 is 1.85 bits per heavy atom. The van der Waals surface area contributed by atoms with Crippen molar-refractivity contribution in [3.63, 3.8) is 0 Å². The Kier molecular flexibility index (Phi) is 4.57. The fraction of sp³-hybridized carbons (Fsp3) is 0.826. The van der Waals surface area contributed by atoms with Gasteiger partial charge >= 0.3 is 5.97 Å². The summed E-state index contributed by atoms with van der Waals surface area (Å²) in [5.74, 6) is 1.69. The molecule has 0 amide bonds. The lowest BCUT2D eigenvalue weighted by molar-refractivity contribution is -0.179. The average Bonchev–Trinajstić information content (AvgIpc) is 2.86. The second-order valence-corrected chi connectivity index (χ2v) is 10.9. The molecule has 0 radical (unpaired) electrons. The van der Waals surface area contributed by atoms with Crippen molar-refractivity contribution < 1.29 is 14.3 Å². The summed E-state index contributed by atoms with van der Waals surface area (Å²) in [5, 5.41) is 0.845. The van der Waals surface area contributed by atoms with Crippen molar-refractivity contribution in [2.45, 2.75) is 85.2 Å². The minimum absolute atomic E-state index is 0.00197. The third kappa shape index (κ3) is 2.67. The molecule has 0 aromatic rings. The normalized spacial score (nSPS) is 49.1. The molecule has 0 saturated heterocycles. The van der Waals surface area contributed by atoms with Gasteiger partial charge in [0.05, 0.1) is 0 Å². The van der Waals surface area contributed by atoms with Crippen molar-refractivity contribution >= 4 is 23.9 Å². The van der Waals surface area contributed by atoms with Crippen LogP contribution in [0.2, 0.25) is 0 Å². The lowest BCUT2D eigenvalue weighted by atomic mass is 9.40. The van der Waals surface area contributed by atoms with Crippen molar-refractivity contribution in [2.75, 3.05) is 0 Å². The summed E-state index contributed by atoms with van der Waals surface area (Å²) in [6.07, 6.45) is 9.73. The highest BCUT2D eigenvalue weighted by atomic mass is 35.5. The maximum Gasteiger partial charge on any atom is 0.302 e. The highest BCUT2D eigenvalue weighted by Crippen LogP contribution is 2.70. The molecule has 0 bridgehead atoms. The molecule has 0 aromatic carbocycles. The molecule has 4 heteroatoms. The molecule has 0 heterocycles. The van der Waals surface area contributed by atoms with E-state index >= 15 is 0 Å².